The van der Waals surface area contributed by atoms with Gasteiger partial charge in [-0.1, -0.05) is 55.0 Å². The summed E-state index contributed by atoms with van der Waals surface area (Å²) in [5.41, 5.74) is 10.8. The first-order chi connectivity index (χ1) is 26.8. The van der Waals surface area contributed by atoms with Crippen LogP contribution < -0.4 is 27.0 Å². The third kappa shape index (κ3) is 10.5. The van der Waals surface area contributed by atoms with E-state index in [0.717, 1.165) is 27.2 Å². The van der Waals surface area contributed by atoms with Gasteiger partial charge in [0.2, 0.25) is 23.6 Å². The number of nitrogens with two attached hydrogens (primary N) is 1. The Kier molecular flexibility index (Phi) is 13.5. The van der Waals surface area contributed by atoms with E-state index in [1.54, 1.807) is 36.4 Å². The van der Waals surface area contributed by atoms with Crippen molar-refractivity contribution in [2.75, 3.05) is 11.9 Å². The molecule has 3 unspecified atom stereocenters. The van der Waals surface area contributed by atoms with E-state index in [1.165, 1.54) is 26.0 Å². The first-order valence-electron chi connectivity index (χ1n) is 18.3. The Hall–Kier alpha value is -6.64. The number of amides is 7. The van der Waals surface area contributed by atoms with E-state index >= 15 is 0 Å². The predicted molar refractivity (Wildman–Crippen MR) is 204 cm³/mol. The maximum absolute atomic E-state index is 13.2. The summed E-state index contributed by atoms with van der Waals surface area (Å²) >= 11 is 0. The molecule has 292 valence electrons. The van der Waals surface area contributed by atoms with Gasteiger partial charge in [0, 0.05) is 36.4 Å². The number of ether oxygens (including phenoxy) is 1. The van der Waals surface area contributed by atoms with Crippen molar-refractivity contribution in [1.82, 2.24) is 20.9 Å². The van der Waals surface area contributed by atoms with Crippen LogP contribution >= 0.6 is 0 Å². The van der Waals surface area contributed by atoms with Gasteiger partial charge in [0.15, 0.2) is 0 Å². The molecule has 56 heavy (non-hydrogen) atoms. The number of hydrogen-bond acceptors (Lipinski definition) is 9. The molecule has 0 radical (unpaired) electrons. The molecular formula is C41H44N6O9. The summed E-state index contributed by atoms with van der Waals surface area (Å²) in [7, 11) is 0. The summed E-state index contributed by atoms with van der Waals surface area (Å²) in [4.78, 5) is 101. The SMILES string of the molecule is CC(NC(=O)c1cccc2c1Cc1ccccc1-2)C(=O)NC(C)C(=O)NC(CC(N)=O)C(=O)Nc1ccc(COC(=O)CCCCCN2C(=O)C=CC2=O)cc1. The zero-order valence-corrected chi connectivity index (χ0v) is 31.1. The minimum atomic E-state index is -1.37. The van der Waals surface area contributed by atoms with Gasteiger partial charge in [-0.05, 0) is 79.1 Å². The molecule has 3 aromatic carbocycles. The van der Waals surface area contributed by atoms with E-state index in [9.17, 15) is 38.4 Å². The minimum absolute atomic E-state index is 0.00914. The number of carbonyl (C=O) groups is 8. The Balaban J connectivity index is 1.04. The fraction of sp³-hybridized carbons (Fsp3) is 0.317. The molecular weight excluding hydrogens is 720 g/mol. The third-order valence-corrected chi connectivity index (χ3v) is 9.41. The van der Waals surface area contributed by atoms with Crippen molar-refractivity contribution in [3.05, 3.63) is 101 Å². The number of fused-ring (bicyclic) bond motifs is 3. The van der Waals surface area contributed by atoms with E-state index in [4.69, 9.17) is 10.5 Å². The highest BCUT2D eigenvalue weighted by Gasteiger charge is 2.29. The van der Waals surface area contributed by atoms with Crippen LogP contribution in [0.1, 0.15) is 73.0 Å². The number of nitrogens with zero attached hydrogens (tertiary/aromatic N) is 1. The maximum atomic E-state index is 13.2. The summed E-state index contributed by atoms with van der Waals surface area (Å²) in [5, 5.41) is 10.3. The summed E-state index contributed by atoms with van der Waals surface area (Å²) in [5.74, 6) is -4.49. The van der Waals surface area contributed by atoms with Crippen LogP contribution in [0.25, 0.3) is 11.1 Å². The van der Waals surface area contributed by atoms with Gasteiger partial charge in [-0.25, -0.2) is 0 Å². The summed E-state index contributed by atoms with van der Waals surface area (Å²) in [6, 6.07) is 16.2. The molecule has 1 aliphatic carbocycles. The number of hydrogen-bond donors (Lipinski definition) is 5. The second kappa shape index (κ2) is 18.6. The zero-order valence-electron chi connectivity index (χ0n) is 31.1. The molecule has 0 fully saturated rings. The average Bonchev–Trinajstić information content (AvgIpc) is 3.71. The van der Waals surface area contributed by atoms with E-state index in [-0.39, 0.29) is 24.8 Å². The minimum Gasteiger partial charge on any atom is -0.461 e. The summed E-state index contributed by atoms with van der Waals surface area (Å²) in [6.45, 7) is 3.17. The van der Waals surface area contributed by atoms with Gasteiger partial charge in [0.05, 0.1) is 6.42 Å². The first-order valence-corrected chi connectivity index (χ1v) is 18.3. The predicted octanol–water partition coefficient (Wildman–Crippen LogP) is 2.41. The van der Waals surface area contributed by atoms with Gasteiger partial charge < -0.3 is 31.7 Å². The quantitative estimate of drug-likeness (QED) is 0.0569. The topological polar surface area (TPSA) is 223 Å². The number of unbranched alkanes of at least 4 members (excludes halogenated alkanes) is 2. The lowest BCUT2D eigenvalue weighted by Gasteiger charge is -2.22. The molecule has 3 atom stereocenters. The molecule has 1 aliphatic heterocycles. The second-order valence-corrected chi connectivity index (χ2v) is 13.6. The molecule has 1 heterocycles. The van der Waals surface area contributed by atoms with Gasteiger partial charge in [-0.3, -0.25) is 43.3 Å². The molecule has 5 rings (SSSR count). The summed E-state index contributed by atoms with van der Waals surface area (Å²) < 4.78 is 5.32. The molecule has 0 aromatic heterocycles. The Labute approximate surface area is 323 Å². The monoisotopic (exact) mass is 764 g/mol. The molecule has 0 saturated heterocycles. The molecule has 0 bridgehead atoms. The van der Waals surface area contributed by atoms with Gasteiger partial charge in [0.25, 0.3) is 17.7 Å². The lowest BCUT2D eigenvalue weighted by Crippen LogP contribution is -2.55. The van der Waals surface area contributed by atoms with Crippen molar-refractivity contribution in [2.24, 2.45) is 5.73 Å². The highest BCUT2D eigenvalue weighted by Crippen LogP contribution is 2.38. The molecule has 15 nitrogen and oxygen atoms in total. The van der Waals surface area contributed by atoms with E-state index in [0.29, 0.717) is 49.0 Å². The fourth-order valence-corrected chi connectivity index (χ4v) is 6.34. The number of primary amides is 1. The maximum Gasteiger partial charge on any atom is 0.306 e. The van der Waals surface area contributed by atoms with Crippen molar-refractivity contribution >= 4 is 53.0 Å². The van der Waals surface area contributed by atoms with Crippen molar-refractivity contribution in [3.63, 3.8) is 0 Å². The van der Waals surface area contributed by atoms with E-state index < -0.39 is 60.1 Å². The van der Waals surface area contributed by atoms with Crippen LogP contribution in [-0.2, 0) is 51.3 Å². The number of imide groups is 1. The van der Waals surface area contributed by atoms with Gasteiger partial charge >= 0.3 is 5.97 Å². The number of carbonyl (C=O) groups excluding carboxylic acids is 8. The van der Waals surface area contributed by atoms with Crippen LogP contribution in [0.2, 0.25) is 0 Å². The smallest absolute Gasteiger partial charge is 0.306 e. The van der Waals surface area contributed by atoms with Crippen LogP contribution in [-0.4, -0.2) is 76.9 Å². The number of nitrogens with one attached hydrogen (secondary N) is 4. The zero-order chi connectivity index (χ0) is 40.4. The third-order valence-electron chi connectivity index (χ3n) is 9.41. The molecule has 3 aromatic rings. The van der Waals surface area contributed by atoms with Crippen molar-refractivity contribution in [3.8, 4) is 11.1 Å². The highest BCUT2D eigenvalue weighted by molar-refractivity contribution is 6.12. The Morgan fingerprint density at radius 2 is 1.41 bits per heavy atom. The van der Waals surface area contributed by atoms with E-state index in [1.807, 2.05) is 30.3 Å². The van der Waals surface area contributed by atoms with Gasteiger partial charge in [0.1, 0.15) is 24.7 Å². The standard InChI is InChI=1S/C41H44N6O9/c1-24(44-40(54)31-12-8-11-30-29-10-6-5-9-27(29)21-32(30)31)38(52)43-25(2)39(53)46-33(22-34(42)48)41(55)45-28-16-14-26(15-17-28)23-56-37(51)13-4-3-7-20-47-35(49)18-19-36(47)50/h5-6,8-12,14-19,24-25,33H,3-4,7,13,20-23H2,1-2H3,(H2,42,48)(H,43,52)(H,44,54)(H,45,55)(H,46,53). The van der Waals surface area contributed by atoms with Crippen molar-refractivity contribution in [1.29, 1.82) is 0 Å². The van der Waals surface area contributed by atoms with Crippen LogP contribution in [0.4, 0.5) is 5.69 Å². The fourth-order valence-electron chi connectivity index (χ4n) is 6.34. The first kappa shape index (κ1) is 40.5. The lowest BCUT2D eigenvalue weighted by molar-refractivity contribution is -0.145. The summed E-state index contributed by atoms with van der Waals surface area (Å²) in [6.07, 6.45) is 4.45. The Morgan fingerprint density at radius 3 is 2.12 bits per heavy atom. The average molecular weight is 765 g/mol. The van der Waals surface area contributed by atoms with E-state index in [2.05, 4.69) is 21.3 Å². The number of benzene rings is 3. The van der Waals surface area contributed by atoms with Crippen LogP contribution in [0.5, 0.6) is 0 Å². The van der Waals surface area contributed by atoms with Crippen molar-refractivity contribution in [2.45, 2.75) is 77.1 Å². The molecule has 15 heteroatoms. The number of anilines is 1. The number of rotatable bonds is 18. The van der Waals surface area contributed by atoms with Gasteiger partial charge in [-0.2, -0.15) is 0 Å². The molecule has 0 saturated carbocycles. The van der Waals surface area contributed by atoms with Crippen LogP contribution in [0.15, 0.2) is 78.9 Å². The highest BCUT2D eigenvalue weighted by atomic mass is 16.5. The normalized spacial score (nSPS) is 14.2. The largest absolute Gasteiger partial charge is 0.461 e. The van der Waals surface area contributed by atoms with Crippen LogP contribution in [0.3, 0.4) is 0 Å². The van der Waals surface area contributed by atoms with Gasteiger partial charge in [-0.15, -0.1) is 0 Å². The van der Waals surface area contributed by atoms with Crippen molar-refractivity contribution < 1.29 is 43.1 Å². The Morgan fingerprint density at radius 1 is 0.750 bits per heavy atom. The van der Waals surface area contributed by atoms with Crippen LogP contribution in [0, 0.1) is 0 Å². The molecule has 0 spiro atoms. The lowest BCUT2D eigenvalue weighted by atomic mass is 10.0. The Bertz CT molecular complexity index is 2040. The molecule has 2 aliphatic rings. The second-order valence-electron chi connectivity index (χ2n) is 13.6. The number of esters is 1. The molecule has 7 amide bonds. The molecule has 6 N–H and O–H groups in total.